The maximum atomic E-state index is 13.5. The van der Waals surface area contributed by atoms with Gasteiger partial charge in [-0.2, -0.15) is 0 Å². The fourth-order valence-corrected chi connectivity index (χ4v) is 2.53. The van der Waals surface area contributed by atoms with Crippen LogP contribution in [-0.4, -0.2) is 31.5 Å². The quantitative estimate of drug-likeness (QED) is 0.873. The summed E-state index contributed by atoms with van der Waals surface area (Å²) in [7, 11) is 0. The van der Waals surface area contributed by atoms with Crippen molar-refractivity contribution in [2.24, 2.45) is 5.41 Å². The van der Waals surface area contributed by atoms with E-state index in [0.717, 1.165) is 12.8 Å². The molecule has 1 aliphatic heterocycles. The van der Waals surface area contributed by atoms with E-state index in [9.17, 15) is 9.50 Å². The minimum Gasteiger partial charge on any atom is -0.396 e. The van der Waals surface area contributed by atoms with Crippen LogP contribution in [0, 0.1) is 11.2 Å². The molecule has 0 unspecified atom stereocenters. The zero-order valence-electron chi connectivity index (χ0n) is 10.8. The predicted octanol–water partition coefficient (Wildman–Crippen LogP) is 2.36. The number of ether oxygens (including phenoxy) is 1. The monoisotopic (exact) mass is 287 g/mol. The number of hydrogen-bond donors (Lipinski definition) is 2. The van der Waals surface area contributed by atoms with Crippen molar-refractivity contribution in [2.45, 2.75) is 19.4 Å². The van der Waals surface area contributed by atoms with Crippen LogP contribution in [0.25, 0.3) is 0 Å². The fourth-order valence-electron chi connectivity index (χ4n) is 2.34. The molecule has 0 aliphatic carbocycles. The molecule has 0 bridgehead atoms. The van der Waals surface area contributed by atoms with E-state index in [4.69, 9.17) is 16.3 Å². The second kappa shape index (κ2) is 6.66. The maximum absolute atomic E-state index is 13.5. The highest BCUT2D eigenvalue weighted by molar-refractivity contribution is 6.30. The molecule has 2 N–H and O–H groups in total. The number of aliphatic hydroxyl groups excluding tert-OH is 1. The van der Waals surface area contributed by atoms with Gasteiger partial charge in [0.2, 0.25) is 0 Å². The molecule has 1 aromatic rings. The van der Waals surface area contributed by atoms with Gasteiger partial charge in [-0.25, -0.2) is 4.39 Å². The third-order valence-corrected chi connectivity index (χ3v) is 3.95. The molecule has 0 amide bonds. The van der Waals surface area contributed by atoms with Gasteiger partial charge < -0.3 is 15.2 Å². The average Bonchev–Trinajstić information content (AvgIpc) is 2.44. The van der Waals surface area contributed by atoms with Gasteiger partial charge in [0.05, 0.1) is 6.61 Å². The van der Waals surface area contributed by atoms with E-state index in [2.05, 4.69) is 5.32 Å². The van der Waals surface area contributed by atoms with E-state index in [1.54, 1.807) is 6.07 Å². The Hall–Kier alpha value is -0.680. The number of halogens is 2. The van der Waals surface area contributed by atoms with E-state index in [1.807, 2.05) is 0 Å². The standard InChI is InChI=1S/C14H19ClFNO2/c15-12-1-2-13(16)11(7-12)8-17-9-14(10-18)3-5-19-6-4-14/h1-2,7,17-18H,3-6,8-10H2. The van der Waals surface area contributed by atoms with Gasteiger partial charge in [-0.1, -0.05) is 11.6 Å². The Bertz CT molecular complexity index is 422. The molecule has 1 aliphatic rings. The summed E-state index contributed by atoms with van der Waals surface area (Å²) >= 11 is 5.85. The summed E-state index contributed by atoms with van der Waals surface area (Å²) in [6.45, 7) is 2.54. The molecule has 106 valence electrons. The summed E-state index contributed by atoms with van der Waals surface area (Å²) in [6.07, 6.45) is 1.66. The number of hydrogen-bond acceptors (Lipinski definition) is 3. The maximum Gasteiger partial charge on any atom is 0.127 e. The summed E-state index contributed by atoms with van der Waals surface area (Å²) in [5, 5.41) is 13.3. The lowest BCUT2D eigenvalue weighted by Crippen LogP contribution is -2.41. The Morgan fingerprint density at radius 1 is 1.37 bits per heavy atom. The van der Waals surface area contributed by atoms with E-state index in [1.165, 1.54) is 12.1 Å². The molecule has 0 aromatic heterocycles. The van der Waals surface area contributed by atoms with Gasteiger partial charge in [-0.05, 0) is 31.0 Å². The first-order valence-corrected chi connectivity index (χ1v) is 6.86. The molecule has 5 heteroatoms. The highest BCUT2D eigenvalue weighted by atomic mass is 35.5. The fraction of sp³-hybridized carbons (Fsp3) is 0.571. The van der Waals surface area contributed by atoms with Crippen molar-refractivity contribution in [2.75, 3.05) is 26.4 Å². The Kier molecular flexibility index (Phi) is 5.16. The average molecular weight is 288 g/mol. The highest BCUT2D eigenvalue weighted by Crippen LogP contribution is 2.29. The van der Waals surface area contributed by atoms with Crippen LogP contribution in [-0.2, 0) is 11.3 Å². The molecule has 3 nitrogen and oxygen atoms in total. The number of nitrogens with one attached hydrogen (secondary N) is 1. The van der Waals surface area contributed by atoms with Crippen molar-refractivity contribution >= 4 is 11.6 Å². The van der Waals surface area contributed by atoms with E-state index >= 15 is 0 Å². The molecule has 1 heterocycles. The molecule has 19 heavy (non-hydrogen) atoms. The Balaban J connectivity index is 1.90. The largest absolute Gasteiger partial charge is 0.396 e. The van der Waals surface area contributed by atoms with Gasteiger partial charge in [-0.15, -0.1) is 0 Å². The van der Waals surface area contributed by atoms with Crippen molar-refractivity contribution in [3.63, 3.8) is 0 Å². The molecular formula is C14H19ClFNO2. The lowest BCUT2D eigenvalue weighted by Gasteiger charge is -2.35. The summed E-state index contributed by atoms with van der Waals surface area (Å²) < 4.78 is 18.9. The Morgan fingerprint density at radius 3 is 2.79 bits per heavy atom. The summed E-state index contributed by atoms with van der Waals surface area (Å²) in [5.74, 6) is -0.262. The highest BCUT2D eigenvalue weighted by Gasteiger charge is 2.31. The first-order chi connectivity index (χ1) is 9.15. The summed E-state index contributed by atoms with van der Waals surface area (Å²) in [5.41, 5.74) is 0.403. The van der Waals surface area contributed by atoms with Gasteiger partial charge in [-0.3, -0.25) is 0 Å². The van der Waals surface area contributed by atoms with Gasteiger partial charge in [0.1, 0.15) is 5.82 Å². The van der Waals surface area contributed by atoms with Crippen LogP contribution in [0.1, 0.15) is 18.4 Å². The van der Waals surface area contributed by atoms with Gasteiger partial charge in [0.25, 0.3) is 0 Å². The van der Waals surface area contributed by atoms with Crippen LogP contribution < -0.4 is 5.32 Å². The van der Waals surface area contributed by atoms with Crippen LogP contribution in [0.2, 0.25) is 5.02 Å². The zero-order valence-corrected chi connectivity index (χ0v) is 11.5. The molecule has 0 saturated carbocycles. The molecule has 1 saturated heterocycles. The predicted molar refractivity (Wildman–Crippen MR) is 72.7 cm³/mol. The van der Waals surface area contributed by atoms with Gasteiger partial charge in [0, 0.05) is 42.3 Å². The van der Waals surface area contributed by atoms with Crippen LogP contribution in [0.5, 0.6) is 0 Å². The lowest BCUT2D eigenvalue weighted by molar-refractivity contribution is -0.0154. The minimum atomic E-state index is -0.262. The van der Waals surface area contributed by atoms with Crippen molar-refractivity contribution in [1.29, 1.82) is 0 Å². The van der Waals surface area contributed by atoms with Crippen LogP contribution >= 0.6 is 11.6 Å². The van der Waals surface area contributed by atoms with Crippen molar-refractivity contribution in [3.8, 4) is 0 Å². The molecule has 1 fully saturated rings. The molecule has 2 rings (SSSR count). The smallest absolute Gasteiger partial charge is 0.127 e. The molecular weight excluding hydrogens is 269 g/mol. The van der Waals surface area contributed by atoms with Crippen LogP contribution in [0.4, 0.5) is 4.39 Å². The van der Waals surface area contributed by atoms with E-state index < -0.39 is 0 Å². The zero-order chi connectivity index (χ0) is 13.7. The number of rotatable bonds is 5. The number of aliphatic hydroxyl groups is 1. The third kappa shape index (κ3) is 3.89. The first kappa shape index (κ1) is 14.7. The van der Waals surface area contributed by atoms with E-state index in [0.29, 0.717) is 36.9 Å². The molecule has 0 atom stereocenters. The molecule has 1 aromatic carbocycles. The summed E-state index contributed by atoms with van der Waals surface area (Å²) in [4.78, 5) is 0. The van der Waals surface area contributed by atoms with E-state index in [-0.39, 0.29) is 17.8 Å². The Morgan fingerprint density at radius 2 is 2.11 bits per heavy atom. The molecule has 0 radical (unpaired) electrons. The van der Waals surface area contributed by atoms with Crippen LogP contribution in [0.3, 0.4) is 0 Å². The lowest BCUT2D eigenvalue weighted by atomic mass is 9.81. The van der Waals surface area contributed by atoms with Crippen LogP contribution in [0.15, 0.2) is 18.2 Å². The van der Waals surface area contributed by atoms with Crippen molar-refractivity contribution in [3.05, 3.63) is 34.6 Å². The summed E-state index contributed by atoms with van der Waals surface area (Å²) in [6, 6.07) is 4.53. The third-order valence-electron chi connectivity index (χ3n) is 3.71. The SMILES string of the molecule is OCC1(CNCc2cc(Cl)ccc2F)CCOCC1. The normalized spacial score (nSPS) is 18.5. The van der Waals surface area contributed by atoms with Gasteiger partial charge >= 0.3 is 0 Å². The Labute approximate surface area is 117 Å². The molecule has 0 spiro atoms. The second-order valence-electron chi connectivity index (χ2n) is 5.11. The number of benzene rings is 1. The van der Waals surface area contributed by atoms with Gasteiger partial charge in [0.15, 0.2) is 0 Å². The second-order valence-corrected chi connectivity index (χ2v) is 5.55. The van der Waals surface area contributed by atoms with Crippen molar-refractivity contribution in [1.82, 2.24) is 5.32 Å². The topological polar surface area (TPSA) is 41.5 Å². The first-order valence-electron chi connectivity index (χ1n) is 6.48. The van der Waals surface area contributed by atoms with Crippen molar-refractivity contribution < 1.29 is 14.2 Å². The minimum absolute atomic E-state index is 0.126.